The summed E-state index contributed by atoms with van der Waals surface area (Å²) in [5.41, 5.74) is 0.0491. The van der Waals surface area contributed by atoms with Crippen LogP contribution in [0.25, 0.3) is 69.1 Å². The summed E-state index contributed by atoms with van der Waals surface area (Å²) in [7, 11) is 0. The first kappa shape index (κ1) is 26.5. The molecule has 0 saturated heterocycles. The normalized spacial score (nSPS) is 12.0. The highest BCUT2D eigenvalue weighted by atomic mass is 32.1. The molecule has 2 aromatic carbocycles. The van der Waals surface area contributed by atoms with Gasteiger partial charge in [0.15, 0.2) is 44.6 Å². The Morgan fingerprint density at radius 3 is 1.17 bits per heavy atom. The van der Waals surface area contributed by atoms with Crippen LogP contribution in [0, 0.1) is 34.9 Å². The minimum absolute atomic E-state index is 0.0246. The van der Waals surface area contributed by atoms with E-state index in [0.717, 1.165) is 60.4 Å². The quantitative estimate of drug-likeness (QED) is 0.137. The molecule has 0 unspecified atom stereocenters. The lowest BCUT2D eigenvalue weighted by Gasteiger charge is -2.01. The minimum Gasteiger partial charge on any atom is -0.222 e. The van der Waals surface area contributed by atoms with Gasteiger partial charge in [-0.1, -0.05) is 22.7 Å². The summed E-state index contributed by atoms with van der Waals surface area (Å²) in [4.78, 5) is 14.0. The first-order valence-corrected chi connectivity index (χ1v) is 16.8. The molecule has 0 aliphatic carbocycles. The Morgan fingerprint density at radius 2 is 0.762 bits per heavy atom. The molecule has 0 spiro atoms. The number of hydrogen-bond donors (Lipinski definition) is 0. The van der Waals surface area contributed by atoms with Gasteiger partial charge < -0.3 is 0 Å². The van der Waals surface area contributed by atoms with Gasteiger partial charge in [0.25, 0.3) is 0 Å². The lowest BCUT2D eigenvalue weighted by atomic mass is 10.1. The maximum atomic E-state index is 14.3. The summed E-state index contributed by atoms with van der Waals surface area (Å²) in [6.45, 7) is 0. The number of rotatable bonds is 4. The first-order chi connectivity index (χ1) is 20.2. The van der Waals surface area contributed by atoms with E-state index in [4.69, 9.17) is 9.97 Å². The van der Waals surface area contributed by atoms with Crippen molar-refractivity contribution >= 4 is 96.5 Å². The van der Waals surface area contributed by atoms with Crippen molar-refractivity contribution in [2.45, 2.75) is 0 Å². The third-order valence-corrected chi connectivity index (χ3v) is 13.4. The number of thiophene rings is 4. The number of thiazole rings is 2. The average molecular weight is 679 g/mol. The van der Waals surface area contributed by atoms with Gasteiger partial charge in [0.2, 0.25) is 0 Å². The van der Waals surface area contributed by atoms with Gasteiger partial charge >= 0.3 is 0 Å². The average Bonchev–Trinajstić information content (AvgIpc) is 3.76. The van der Waals surface area contributed by atoms with E-state index in [2.05, 4.69) is 0 Å². The summed E-state index contributed by atoms with van der Waals surface area (Å²) in [5.74, 6) is -7.81. The van der Waals surface area contributed by atoms with Crippen LogP contribution in [-0.4, -0.2) is 9.97 Å². The van der Waals surface area contributed by atoms with Crippen LogP contribution in [0.1, 0.15) is 0 Å². The Bertz CT molecular complexity index is 2100. The largest absolute Gasteiger partial charge is 0.222 e. The highest BCUT2D eigenvalue weighted by Crippen LogP contribution is 2.47. The Labute approximate surface area is 255 Å². The smallest absolute Gasteiger partial charge is 0.195 e. The second-order valence-electron chi connectivity index (χ2n) is 8.99. The summed E-state index contributed by atoms with van der Waals surface area (Å²) in [5, 5.41) is 1.60. The number of nitrogens with zero attached hydrogens (tertiary/aromatic N) is 2. The number of hydrogen-bond acceptors (Lipinski definition) is 8. The highest BCUT2D eigenvalue weighted by molar-refractivity contribution is 7.35. The standard InChI is InChI=1S/C28H8F6N2S6/c29-11-3-1-9(21(31)23(11)33)13-5-15-17(37-13)7-19(39-15)25-35-27-28(41-25)36-26(42-27)20-8-18-16(40-20)6-14(38-18)10-2-4-12(30)24(34)22(10)32/h1-8H. The maximum Gasteiger partial charge on any atom is 0.195 e. The van der Waals surface area contributed by atoms with E-state index in [1.54, 1.807) is 12.1 Å². The molecule has 42 heavy (non-hydrogen) atoms. The number of aromatic nitrogens is 2. The fraction of sp³-hybridized carbons (Fsp3) is 0. The van der Waals surface area contributed by atoms with E-state index in [0.29, 0.717) is 9.75 Å². The fourth-order valence-electron chi connectivity index (χ4n) is 4.43. The van der Waals surface area contributed by atoms with Gasteiger partial charge in [-0.15, -0.1) is 45.3 Å². The van der Waals surface area contributed by atoms with Crippen molar-refractivity contribution in [1.82, 2.24) is 9.97 Å². The van der Waals surface area contributed by atoms with E-state index in [1.165, 1.54) is 80.2 Å². The third kappa shape index (κ3) is 4.15. The van der Waals surface area contributed by atoms with Crippen LogP contribution >= 0.6 is 68.0 Å². The molecule has 2 nitrogen and oxygen atoms in total. The summed E-state index contributed by atoms with van der Waals surface area (Å²) in [6.07, 6.45) is 0. The van der Waals surface area contributed by atoms with Crippen molar-refractivity contribution in [3.05, 3.63) is 83.4 Å². The number of halogens is 6. The topological polar surface area (TPSA) is 25.8 Å². The lowest BCUT2D eigenvalue weighted by molar-refractivity contribution is 0.449. The SMILES string of the molecule is Fc1ccc(-c2cc3sc(-c4nc5sc(-c6cc7sc(-c8ccc(F)c(F)c8F)cc7s6)nc5s4)cc3s2)c(F)c1F. The number of fused-ring (bicyclic) bond motifs is 3. The fourth-order valence-corrected chi connectivity index (χ4v) is 11.4. The second kappa shape index (κ2) is 9.69. The van der Waals surface area contributed by atoms with Gasteiger partial charge in [0.1, 0.15) is 10.0 Å². The van der Waals surface area contributed by atoms with E-state index in [1.807, 2.05) is 12.1 Å². The third-order valence-electron chi connectivity index (χ3n) is 6.41. The molecular formula is C28H8F6N2S6. The van der Waals surface area contributed by atoms with Crippen LogP contribution in [0.5, 0.6) is 0 Å². The van der Waals surface area contributed by atoms with E-state index in [9.17, 15) is 26.3 Å². The van der Waals surface area contributed by atoms with Crippen LogP contribution in [0.3, 0.4) is 0 Å². The monoisotopic (exact) mass is 678 g/mol. The Morgan fingerprint density at radius 1 is 0.405 bits per heavy atom. The molecule has 0 amide bonds. The summed E-state index contributed by atoms with van der Waals surface area (Å²) >= 11 is 8.47. The minimum atomic E-state index is -1.48. The highest BCUT2D eigenvalue weighted by Gasteiger charge is 2.21. The molecule has 8 aromatic rings. The van der Waals surface area contributed by atoms with E-state index >= 15 is 0 Å². The van der Waals surface area contributed by atoms with Crippen molar-refractivity contribution in [1.29, 1.82) is 0 Å². The van der Waals surface area contributed by atoms with E-state index in [-0.39, 0.29) is 11.1 Å². The van der Waals surface area contributed by atoms with Crippen LogP contribution < -0.4 is 0 Å². The molecule has 0 aliphatic rings. The molecule has 6 heterocycles. The molecule has 0 bridgehead atoms. The summed E-state index contributed by atoms with van der Waals surface area (Å²) in [6, 6.07) is 11.8. The van der Waals surface area contributed by atoms with Crippen molar-refractivity contribution in [3.63, 3.8) is 0 Å². The lowest BCUT2D eigenvalue weighted by Crippen LogP contribution is -1.92. The molecule has 0 radical (unpaired) electrons. The predicted molar refractivity (Wildman–Crippen MR) is 163 cm³/mol. The van der Waals surface area contributed by atoms with E-state index < -0.39 is 34.9 Å². The van der Waals surface area contributed by atoms with Gasteiger partial charge in [-0.25, -0.2) is 36.3 Å². The Kier molecular flexibility index (Phi) is 6.11. The maximum absolute atomic E-state index is 14.3. The molecule has 0 aliphatic heterocycles. The molecule has 8 rings (SSSR count). The van der Waals surface area contributed by atoms with Crippen molar-refractivity contribution < 1.29 is 26.3 Å². The van der Waals surface area contributed by atoms with Gasteiger partial charge in [-0.2, -0.15) is 0 Å². The molecule has 0 atom stereocenters. The molecule has 208 valence electrons. The predicted octanol–water partition coefficient (Wildman–Crippen LogP) is 11.8. The zero-order chi connectivity index (χ0) is 28.9. The van der Waals surface area contributed by atoms with Gasteiger partial charge in [-0.3, -0.25) is 0 Å². The summed E-state index contributed by atoms with van der Waals surface area (Å²) < 4.78 is 86.2. The second-order valence-corrected chi connectivity index (χ2v) is 15.3. The van der Waals surface area contributed by atoms with Crippen molar-refractivity contribution in [2.75, 3.05) is 0 Å². The van der Waals surface area contributed by atoms with Crippen LogP contribution in [-0.2, 0) is 0 Å². The molecular weight excluding hydrogens is 671 g/mol. The van der Waals surface area contributed by atoms with Crippen molar-refractivity contribution in [2.24, 2.45) is 0 Å². The Hall–Kier alpha value is -3.14. The van der Waals surface area contributed by atoms with Crippen LogP contribution in [0.2, 0.25) is 0 Å². The Balaban J connectivity index is 1.07. The molecule has 0 fully saturated rings. The molecule has 14 heteroatoms. The zero-order valence-electron chi connectivity index (χ0n) is 20.2. The molecule has 6 aromatic heterocycles. The van der Waals surface area contributed by atoms with Gasteiger partial charge in [0.05, 0.1) is 9.75 Å². The molecule has 0 saturated carbocycles. The first-order valence-electron chi connectivity index (χ1n) is 11.9. The van der Waals surface area contributed by atoms with Crippen LogP contribution in [0.15, 0.2) is 48.5 Å². The molecule has 0 N–H and O–H groups in total. The van der Waals surface area contributed by atoms with Crippen molar-refractivity contribution in [3.8, 4) is 40.7 Å². The van der Waals surface area contributed by atoms with Gasteiger partial charge in [-0.05, 0) is 48.5 Å². The number of benzene rings is 2. The van der Waals surface area contributed by atoms with Crippen LogP contribution in [0.4, 0.5) is 26.3 Å². The van der Waals surface area contributed by atoms with Gasteiger partial charge in [0, 0.05) is 39.7 Å². The zero-order valence-corrected chi connectivity index (χ0v) is 25.1.